The number of hydrogen-bond donors (Lipinski definition) is 3. The summed E-state index contributed by atoms with van der Waals surface area (Å²) in [4.78, 5) is 11.8. The molecule has 2 N–H and O–H groups in total. The zero-order valence-corrected chi connectivity index (χ0v) is 10.5. The molecule has 2 fully saturated rings. The van der Waals surface area contributed by atoms with Crippen LogP contribution in [0.1, 0.15) is 38.5 Å². The molecule has 2 rings (SSSR count). The second kappa shape index (κ2) is 4.96. The zero-order chi connectivity index (χ0) is 11.6. The van der Waals surface area contributed by atoms with Gasteiger partial charge in [0.25, 0.3) is 0 Å². The molecular weight excluding hydrogens is 222 g/mol. The van der Waals surface area contributed by atoms with Crippen molar-refractivity contribution in [2.24, 2.45) is 11.3 Å². The number of rotatable bonds is 5. The molecule has 2 aliphatic rings. The minimum atomic E-state index is 0.150. The maximum atomic E-state index is 11.8. The number of aliphatic hydroxyl groups is 1. The number of nitrogens with one attached hydrogen (secondary N) is 1. The Morgan fingerprint density at radius 2 is 2.19 bits per heavy atom. The van der Waals surface area contributed by atoms with Gasteiger partial charge in [0.05, 0.1) is 0 Å². The van der Waals surface area contributed by atoms with E-state index in [0.29, 0.717) is 6.42 Å². The fourth-order valence-corrected chi connectivity index (χ4v) is 3.04. The van der Waals surface area contributed by atoms with Gasteiger partial charge in [-0.3, -0.25) is 4.79 Å². The lowest BCUT2D eigenvalue weighted by atomic mass is 10.0. The van der Waals surface area contributed by atoms with Crippen LogP contribution in [0.25, 0.3) is 0 Å². The molecule has 0 aromatic heterocycles. The maximum absolute atomic E-state index is 11.8. The van der Waals surface area contributed by atoms with Gasteiger partial charge in [-0.1, -0.05) is 6.42 Å². The van der Waals surface area contributed by atoms with Gasteiger partial charge in [-0.05, 0) is 36.9 Å². The molecule has 92 valence electrons. The molecule has 4 heteroatoms. The number of thiol groups is 1. The van der Waals surface area contributed by atoms with E-state index in [2.05, 4.69) is 17.9 Å². The van der Waals surface area contributed by atoms with Crippen LogP contribution in [0.15, 0.2) is 0 Å². The van der Waals surface area contributed by atoms with Crippen LogP contribution in [0.3, 0.4) is 0 Å². The molecule has 0 aromatic carbocycles. The highest BCUT2D eigenvalue weighted by Crippen LogP contribution is 2.49. The van der Waals surface area contributed by atoms with Gasteiger partial charge in [-0.2, -0.15) is 12.6 Å². The molecule has 0 aromatic rings. The van der Waals surface area contributed by atoms with Crippen molar-refractivity contribution in [2.45, 2.75) is 44.6 Å². The largest absolute Gasteiger partial charge is 0.396 e. The third-order valence-electron chi connectivity index (χ3n) is 4.07. The van der Waals surface area contributed by atoms with E-state index in [4.69, 9.17) is 0 Å². The standard InChI is InChI=1S/C12H21NO2S/c14-7-9-2-1-3-10(9)13-11(15)6-12(8-16)4-5-12/h9-10,14,16H,1-8H2,(H,13,15). The summed E-state index contributed by atoms with van der Waals surface area (Å²) < 4.78 is 0. The SMILES string of the molecule is O=C(CC1(CS)CC1)NC1CCCC1CO. The molecule has 0 spiro atoms. The first-order valence-corrected chi connectivity index (χ1v) is 6.83. The lowest BCUT2D eigenvalue weighted by Crippen LogP contribution is -2.39. The third-order valence-corrected chi connectivity index (χ3v) is 4.74. The summed E-state index contributed by atoms with van der Waals surface area (Å²) in [5, 5.41) is 12.3. The summed E-state index contributed by atoms with van der Waals surface area (Å²) >= 11 is 4.30. The molecule has 3 nitrogen and oxygen atoms in total. The van der Waals surface area contributed by atoms with E-state index in [-0.39, 0.29) is 29.9 Å². The Hall–Kier alpha value is -0.220. The number of aliphatic hydroxyl groups excluding tert-OH is 1. The molecule has 0 bridgehead atoms. The lowest BCUT2D eigenvalue weighted by molar-refractivity contribution is -0.123. The van der Waals surface area contributed by atoms with Crippen LogP contribution >= 0.6 is 12.6 Å². The first-order valence-electron chi connectivity index (χ1n) is 6.20. The van der Waals surface area contributed by atoms with Crippen molar-refractivity contribution in [1.29, 1.82) is 0 Å². The average Bonchev–Trinajstić information content (AvgIpc) is 2.89. The van der Waals surface area contributed by atoms with Gasteiger partial charge in [0.2, 0.25) is 5.91 Å². The van der Waals surface area contributed by atoms with Gasteiger partial charge in [0, 0.05) is 25.0 Å². The van der Waals surface area contributed by atoms with E-state index in [1.54, 1.807) is 0 Å². The van der Waals surface area contributed by atoms with Gasteiger partial charge < -0.3 is 10.4 Å². The van der Waals surface area contributed by atoms with Crippen LogP contribution in [0.4, 0.5) is 0 Å². The van der Waals surface area contributed by atoms with E-state index in [1.807, 2.05) is 0 Å². The van der Waals surface area contributed by atoms with Gasteiger partial charge >= 0.3 is 0 Å². The molecule has 0 saturated heterocycles. The third kappa shape index (κ3) is 2.72. The van der Waals surface area contributed by atoms with Crippen LogP contribution in [0, 0.1) is 11.3 Å². The summed E-state index contributed by atoms with van der Waals surface area (Å²) in [6.45, 7) is 0.197. The minimum absolute atomic E-state index is 0.150. The van der Waals surface area contributed by atoms with Crippen LogP contribution < -0.4 is 5.32 Å². The fraction of sp³-hybridized carbons (Fsp3) is 0.917. The Labute approximate surface area is 102 Å². The number of carbonyl (C=O) groups is 1. The van der Waals surface area contributed by atoms with E-state index in [9.17, 15) is 9.90 Å². The highest BCUT2D eigenvalue weighted by Gasteiger charge is 2.43. The first-order chi connectivity index (χ1) is 7.69. The van der Waals surface area contributed by atoms with E-state index in [1.165, 1.54) is 0 Å². The second-order valence-corrected chi connectivity index (χ2v) is 5.70. The Kier molecular flexibility index (Phi) is 3.80. The summed E-state index contributed by atoms with van der Waals surface area (Å²) in [5.74, 6) is 1.24. The molecule has 0 aliphatic heterocycles. The van der Waals surface area contributed by atoms with E-state index in [0.717, 1.165) is 37.9 Å². The van der Waals surface area contributed by atoms with Crippen LogP contribution in [-0.4, -0.2) is 29.4 Å². The predicted molar refractivity (Wildman–Crippen MR) is 66.5 cm³/mol. The van der Waals surface area contributed by atoms with Crippen molar-refractivity contribution in [1.82, 2.24) is 5.32 Å². The van der Waals surface area contributed by atoms with Crippen molar-refractivity contribution >= 4 is 18.5 Å². The van der Waals surface area contributed by atoms with Crippen molar-refractivity contribution in [3.05, 3.63) is 0 Å². The molecule has 0 radical (unpaired) electrons. The number of carbonyl (C=O) groups excluding carboxylic acids is 1. The van der Waals surface area contributed by atoms with Crippen LogP contribution in [-0.2, 0) is 4.79 Å². The second-order valence-electron chi connectivity index (χ2n) is 5.38. The molecular formula is C12H21NO2S. The Bertz CT molecular complexity index is 266. The monoisotopic (exact) mass is 243 g/mol. The van der Waals surface area contributed by atoms with Crippen LogP contribution in [0.2, 0.25) is 0 Å². The van der Waals surface area contributed by atoms with Crippen LogP contribution in [0.5, 0.6) is 0 Å². The van der Waals surface area contributed by atoms with Crippen molar-refractivity contribution in [3.63, 3.8) is 0 Å². The summed E-state index contributed by atoms with van der Waals surface area (Å²) in [7, 11) is 0. The highest BCUT2D eigenvalue weighted by atomic mass is 32.1. The number of amides is 1. The normalized spacial score (nSPS) is 31.4. The van der Waals surface area contributed by atoms with Crippen molar-refractivity contribution in [3.8, 4) is 0 Å². The quantitative estimate of drug-likeness (QED) is 0.639. The Balaban J connectivity index is 1.78. The molecule has 0 heterocycles. The van der Waals surface area contributed by atoms with E-state index < -0.39 is 0 Å². The minimum Gasteiger partial charge on any atom is -0.396 e. The van der Waals surface area contributed by atoms with Gasteiger partial charge in [-0.25, -0.2) is 0 Å². The molecule has 2 atom stereocenters. The van der Waals surface area contributed by atoms with Gasteiger partial charge in [0.1, 0.15) is 0 Å². The molecule has 1 amide bonds. The van der Waals surface area contributed by atoms with Gasteiger partial charge in [0.15, 0.2) is 0 Å². The topological polar surface area (TPSA) is 49.3 Å². The first kappa shape index (κ1) is 12.2. The Morgan fingerprint density at radius 3 is 2.75 bits per heavy atom. The summed E-state index contributed by atoms with van der Waals surface area (Å²) in [5.41, 5.74) is 0.195. The maximum Gasteiger partial charge on any atom is 0.220 e. The molecule has 16 heavy (non-hydrogen) atoms. The fourth-order valence-electron chi connectivity index (χ4n) is 2.61. The Morgan fingerprint density at radius 1 is 1.44 bits per heavy atom. The zero-order valence-electron chi connectivity index (χ0n) is 9.61. The van der Waals surface area contributed by atoms with Gasteiger partial charge in [-0.15, -0.1) is 0 Å². The summed E-state index contributed by atoms with van der Waals surface area (Å²) in [6.07, 6.45) is 6.07. The van der Waals surface area contributed by atoms with E-state index >= 15 is 0 Å². The molecule has 2 saturated carbocycles. The number of hydrogen-bond acceptors (Lipinski definition) is 3. The molecule has 2 aliphatic carbocycles. The predicted octanol–water partition coefficient (Wildman–Crippen LogP) is 1.36. The lowest BCUT2D eigenvalue weighted by Gasteiger charge is -2.20. The smallest absolute Gasteiger partial charge is 0.220 e. The summed E-state index contributed by atoms with van der Waals surface area (Å²) in [6, 6.07) is 0.202. The molecule has 2 unspecified atom stereocenters. The average molecular weight is 243 g/mol. The highest BCUT2D eigenvalue weighted by molar-refractivity contribution is 7.80. The van der Waals surface area contributed by atoms with Crippen molar-refractivity contribution < 1.29 is 9.90 Å². The van der Waals surface area contributed by atoms with Crippen molar-refractivity contribution in [2.75, 3.05) is 12.4 Å².